The maximum atomic E-state index is 12.3. The van der Waals surface area contributed by atoms with Gasteiger partial charge in [-0.1, -0.05) is 71.6 Å². The van der Waals surface area contributed by atoms with Crippen molar-refractivity contribution in [2.45, 2.75) is 143 Å². The molecule has 1 amide bonds. The molecular weight excluding hydrogens is 378 g/mol. The third kappa shape index (κ3) is 20.0. The SMILES string of the molecule is CCCCCCCCCC(CCCCCC)OC(=O)CCCNC(=O)OC(C)(C)C. The molecule has 5 nitrogen and oxygen atoms in total. The number of nitrogens with one attached hydrogen (secondary N) is 1. The van der Waals surface area contributed by atoms with Crippen LogP contribution in [-0.2, 0) is 14.3 Å². The van der Waals surface area contributed by atoms with Crippen molar-refractivity contribution in [3.8, 4) is 0 Å². The van der Waals surface area contributed by atoms with E-state index >= 15 is 0 Å². The summed E-state index contributed by atoms with van der Waals surface area (Å²) in [5, 5.41) is 2.69. The second-order valence-corrected chi connectivity index (χ2v) is 9.40. The summed E-state index contributed by atoms with van der Waals surface area (Å²) in [4.78, 5) is 23.9. The highest BCUT2D eigenvalue weighted by molar-refractivity contribution is 5.70. The minimum absolute atomic E-state index is 0.0452. The summed E-state index contributed by atoms with van der Waals surface area (Å²) >= 11 is 0. The van der Waals surface area contributed by atoms with E-state index < -0.39 is 11.7 Å². The lowest BCUT2D eigenvalue weighted by Crippen LogP contribution is -2.33. The monoisotopic (exact) mass is 427 g/mol. The molecule has 0 radical (unpaired) electrons. The van der Waals surface area contributed by atoms with Crippen molar-refractivity contribution in [3.05, 3.63) is 0 Å². The van der Waals surface area contributed by atoms with Crippen molar-refractivity contribution in [1.82, 2.24) is 5.32 Å². The molecule has 1 atom stereocenters. The van der Waals surface area contributed by atoms with Gasteiger partial charge in [0.2, 0.25) is 0 Å². The summed E-state index contributed by atoms with van der Waals surface area (Å²) < 4.78 is 11.0. The zero-order valence-electron chi connectivity index (χ0n) is 20.5. The summed E-state index contributed by atoms with van der Waals surface area (Å²) in [6.45, 7) is 10.4. The molecule has 0 saturated heterocycles. The molecular formula is C25H49NO4. The number of rotatable bonds is 18. The van der Waals surface area contributed by atoms with Crippen molar-refractivity contribution >= 4 is 12.1 Å². The first kappa shape index (κ1) is 28.7. The molecule has 1 unspecified atom stereocenters. The third-order valence-electron chi connectivity index (χ3n) is 5.03. The molecule has 0 aliphatic rings. The van der Waals surface area contributed by atoms with Gasteiger partial charge in [0.05, 0.1) is 0 Å². The Balaban J connectivity index is 4.10. The molecule has 0 bridgehead atoms. The van der Waals surface area contributed by atoms with Crippen LogP contribution in [0.1, 0.15) is 131 Å². The first-order valence-electron chi connectivity index (χ1n) is 12.4. The van der Waals surface area contributed by atoms with Crippen LogP contribution in [0.5, 0.6) is 0 Å². The topological polar surface area (TPSA) is 64.6 Å². The van der Waals surface area contributed by atoms with Crippen molar-refractivity contribution in [2.75, 3.05) is 6.54 Å². The van der Waals surface area contributed by atoms with Crippen molar-refractivity contribution < 1.29 is 19.1 Å². The highest BCUT2D eigenvalue weighted by atomic mass is 16.6. The molecule has 30 heavy (non-hydrogen) atoms. The van der Waals surface area contributed by atoms with Crippen LogP contribution in [0.15, 0.2) is 0 Å². The number of carbonyl (C=O) groups is 2. The lowest BCUT2D eigenvalue weighted by atomic mass is 10.0. The lowest BCUT2D eigenvalue weighted by Gasteiger charge is -2.20. The van der Waals surface area contributed by atoms with Gasteiger partial charge in [0, 0.05) is 13.0 Å². The van der Waals surface area contributed by atoms with Gasteiger partial charge in [-0.25, -0.2) is 4.79 Å². The van der Waals surface area contributed by atoms with E-state index in [0.29, 0.717) is 19.4 Å². The summed E-state index contributed by atoms with van der Waals surface area (Å²) in [7, 11) is 0. The fourth-order valence-electron chi connectivity index (χ4n) is 3.37. The largest absolute Gasteiger partial charge is 0.462 e. The highest BCUT2D eigenvalue weighted by Gasteiger charge is 2.17. The molecule has 5 heteroatoms. The number of hydrogen-bond acceptors (Lipinski definition) is 4. The van der Waals surface area contributed by atoms with Crippen LogP contribution in [0.3, 0.4) is 0 Å². The average Bonchev–Trinajstić information content (AvgIpc) is 2.66. The van der Waals surface area contributed by atoms with Gasteiger partial charge in [0.25, 0.3) is 0 Å². The molecule has 0 aliphatic heterocycles. The maximum Gasteiger partial charge on any atom is 0.407 e. The molecule has 178 valence electrons. The predicted octanol–water partition coefficient (Wildman–Crippen LogP) is 7.31. The minimum atomic E-state index is -0.510. The number of unbranched alkanes of at least 4 members (excludes halogenated alkanes) is 9. The van der Waals surface area contributed by atoms with E-state index in [1.54, 1.807) is 0 Å². The van der Waals surface area contributed by atoms with Gasteiger partial charge in [0.1, 0.15) is 11.7 Å². The van der Waals surface area contributed by atoms with Crippen LogP contribution in [0.25, 0.3) is 0 Å². The zero-order valence-corrected chi connectivity index (χ0v) is 20.5. The molecule has 1 N–H and O–H groups in total. The van der Waals surface area contributed by atoms with E-state index in [2.05, 4.69) is 19.2 Å². The fraction of sp³-hybridized carbons (Fsp3) is 0.920. The van der Waals surface area contributed by atoms with Gasteiger partial charge in [-0.2, -0.15) is 0 Å². The first-order chi connectivity index (χ1) is 14.3. The van der Waals surface area contributed by atoms with Gasteiger partial charge in [-0.15, -0.1) is 0 Å². The van der Waals surface area contributed by atoms with Gasteiger partial charge >= 0.3 is 12.1 Å². The Labute approximate surface area is 186 Å². The first-order valence-corrected chi connectivity index (χ1v) is 12.4. The van der Waals surface area contributed by atoms with Gasteiger partial charge in [-0.05, 0) is 52.9 Å². The van der Waals surface area contributed by atoms with Crippen LogP contribution >= 0.6 is 0 Å². The molecule has 0 saturated carbocycles. The zero-order chi connectivity index (χ0) is 22.7. The molecule has 0 aliphatic carbocycles. The van der Waals surface area contributed by atoms with Gasteiger partial charge < -0.3 is 14.8 Å². The quantitative estimate of drug-likeness (QED) is 0.184. The highest BCUT2D eigenvalue weighted by Crippen LogP contribution is 2.17. The normalized spacial score (nSPS) is 12.4. The van der Waals surface area contributed by atoms with Crippen molar-refractivity contribution in [3.63, 3.8) is 0 Å². The number of ether oxygens (including phenoxy) is 2. The molecule has 0 aromatic rings. The van der Waals surface area contributed by atoms with E-state index in [1.165, 1.54) is 57.8 Å². The van der Waals surface area contributed by atoms with E-state index in [1.807, 2.05) is 20.8 Å². The third-order valence-corrected chi connectivity index (χ3v) is 5.03. The maximum absolute atomic E-state index is 12.3. The second kappa shape index (κ2) is 18.5. The Morgan fingerprint density at radius 3 is 1.80 bits per heavy atom. The summed E-state index contributed by atoms with van der Waals surface area (Å²) in [6.07, 6.45) is 16.2. The number of esters is 1. The van der Waals surface area contributed by atoms with E-state index in [9.17, 15) is 9.59 Å². The minimum Gasteiger partial charge on any atom is -0.462 e. The number of alkyl carbamates (subject to hydrolysis) is 1. The van der Waals surface area contributed by atoms with Crippen molar-refractivity contribution in [2.24, 2.45) is 0 Å². The fourth-order valence-corrected chi connectivity index (χ4v) is 3.37. The van der Waals surface area contributed by atoms with Crippen LogP contribution in [0.4, 0.5) is 4.79 Å². The summed E-state index contributed by atoms with van der Waals surface area (Å²) in [5.41, 5.74) is -0.510. The van der Waals surface area contributed by atoms with E-state index in [-0.39, 0.29) is 12.1 Å². The predicted molar refractivity (Wildman–Crippen MR) is 125 cm³/mol. The van der Waals surface area contributed by atoms with E-state index in [0.717, 1.165) is 25.7 Å². The molecule has 0 fully saturated rings. The Hall–Kier alpha value is -1.26. The molecule has 0 heterocycles. The average molecular weight is 428 g/mol. The van der Waals surface area contributed by atoms with Gasteiger partial charge in [-0.3, -0.25) is 4.79 Å². The lowest BCUT2D eigenvalue weighted by molar-refractivity contribution is -0.150. The molecule has 0 rings (SSSR count). The number of carbonyl (C=O) groups excluding carboxylic acids is 2. The molecule has 0 aromatic carbocycles. The Bertz CT molecular complexity index is 431. The molecule has 0 aromatic heterocycles. The van der Waals surface area contributed by atoms with Crippen molar-refractivity contribution in [1.29, 1.82) is 0 Å². The number of amides is 1. The number of hydrogen-bond donors (Lipinski definition) is 1. The Morgan fingerprint density at radius 1 is 0.767 bits per heavy atom. The Kier molecular flexibility index (Phi) is 17.7. The van der Waals surface area contributed by atoms with Gasteiger partial charge in [0.15, 0.2) is 0 Å². The second-order valence-electron chi connectivity index (χ2n) is 9.40. The van der Waals surface area contributed by atoms with E-state index in [4.69, 9.17) is 9.47 Å². The van der Waals surface area contributed by atoms with Crippen LogP contribution < -0.4 is 5.32 Å². The summed E-state index contributed by atoms with van der Waals surface area (Å²) in [6, 6.07) is 0. The molecule has 0 spiro atoms. The standard InChI is InChI=1S/C25H49NO4/c1-6-8-10-12-13-14-16-19-22(18-15-11-9-7-2)29-23(27)20-17-21-26-24(28)30-25(3,4)5/h22H,6-21H2,1-5H3,(H,26,28). The smallest absolute Gasteiger partial charge is 0.407 e. The van der Waals surface area contributed by atoms with Crippen LogP contribution in [0.2, 0.25) is 0 Å². The van der Waals surface area contributed by atoms with Crippen LogP contribution in [-0.4, -0.2) is 30.3 Å². The summed E-state index contributed by atoms with van der Waals surface area (Å²) in [5.74, 6) is -0.149. The van der Waals surface area contributed by atoms with Crippen LogP contribution in [0, 0.1) is 0 Å². The Morgan fingerprint density at radius 2 is 1.27 bits per heavy atom.